The summed E-state index contributed by atoms with van der Waals surface area (Å²) in [6, 6.07) is 2.04. The summed E-state index contributed by atoms with van der Waals surface area (Å²) in [7, 11) is -1.27. The summed E-state index contributed by atoms with van der Waals surface area (Å²) in [6.45, 7) is 6.78. The molecule has 2 aromatic rings. The Kier molecular flexibility index (Phi) is 2.64. The lowest BCUT2D eigenvalue weighted by Crippen LogP contribution is -2.16. The summed E-state index contributed by atoms with van der Waals surface area (Å²) >= 11 is 1.71. The van der Waals surface area contributed by atoms with E-state index in [9.17, 15) is 0 Å². The molecule has 0 bridgehead atoms. The highest BCUT2D eigenvalue weighted by Crippen LogP contribution is 2.23. The molecule has 3 heteroatoms. The number of pyridine rings is 1. The second-order valence-corrected chi connectivity index (χ2v) is 10.2. The second-order valence-electron chi connectivity index (χ2n) is 4.52. The molecule has 2 heterocycles. The quantitative estimate of drug-likeness (QED) is 0.499. The van der Waals surface area contributed by atoms with Crippen molar-refractivity contribution in [3.05, 3.63) is 29.4 Å². The topological polar surface area (TPSA) is 12.9 Å². The zero-order valence-electron chi connectivity index (χ0n) is 9.16. The van der Waals surface area contributed by atoms with Crippen molar-refractivity contribution in [3.8, 4) is 11.5 Å². The van der Waals surface area contributed by atoms with E-state index in [0.717, 1.165) is 5.56 Å². The fourth-order valence-electron chi connectivity index (χ4n) is 1.23. The van der Waals surface area contributed by atoms with Gasteiger partial charge in [-0.1, -0.05) is 25.6 Å². The molecule has 0 saturated carbocycles. The molecule has 0 fully saturated rings. The number of hydrogen-bond acceptors (Lipinski definition) is 2. The molecular formula is C12H13NSSi. The Balaban J connectivity index is 2.48. The lowest BCUT2D eigenvalue weighted by atomic mass is 10.2. The zero-order chi connectivity index (χ0) is 10.9. The van der Waals surface area contributed by atoms with Crippen LogP contribution in [0.3, 0.4) is 0 Å². The molecule has 0 saturated heterocycles. The van der Waals surface area contributed by atoms with Gasteiger partial charge in [-0.2, -0.15) is 0 Å². The summed E-state index contributed by atoms with van der Waals surface area (Å²) in [5, 5.41) is 3.36. The van der Waals surface area contributed by atoms with Gasteiger partial charge in [0.15, 0.2) is 0 Å². The Morgan fingerprint density at radius 2 is 2.13 bits per heavy atom. The number of aromatic nitrogens is 1. The average molecular weight is 231 g/mol. The van der Waals surface area contributed by atoms with Crippen molar-refractivity contribution in [1.82, 2.24) is 4.98 Å². The standard InChI is InChI=1S/C12H13NSSi/c1-15(2,3)7-5-10-9-14-12-8-13-6-4-11(10)12/h4,6,8-9H,1-3H3. The fraction of sp³-hybridized carbons (Fsp3) is 0.250. The molecule has 1 nitrogen and oxygen atoms in total. The third-order valence-corrected chi connectivity index (χ3v) is 3.76. The number of thiophene rings is 1. The molecule has 0 radical (unpaired) electrons. The summed E-state index contributed by atoms with van der Waals surface area (Å²) in [4.78, 5) is 4.11. The summed E-state index contributed by atoms with van der Waals surface area (Å²) in [5.74, 6) is 3.30. The minimum absolute atomic E-state index is 1.15. The Labute approximate surface area is 95.2 Å². The monoisotopic (exact) mass is 231 g/mol. The van der Waals surface area contributed by atoms with E-state index >= 15 is 0 Å². The van der Waals surface area contributed by atoms with Gasteiger partial charge in [-0.05, 0) is 6.07 Å². The maximum atomic E-state index is 4.11. The van der Waals surface area contributed by atoms with Crippen LogP contribution < -0.4 is 0 Å². The predicted octanol–water partition coefficient (Wildman–Crippen LogP) is 3.53. The van der Waals surface area contributed by atoms with E-state index in [1.165, 1.54) is 10.1 Å². The third-order valence-electron chi connectivity index (χ3n) is 1.95. The lowest BCUT2D eigenvalue weighted by molar-refractivity contribution is 1.37. The van der Waals surface area contributed by atoms with E-state index in [2.05, 4.69) is 41.5 Å². The van der Waals surface area contributed by atoms with Crippen molar-refractivity contribution < 1.29 is 0 Å². The van der Waals surface area contributed by atoms with Gasteiger partial charge in [0.25, 0.3) is 0 Å². The van der Waals surface area contributed by atoms with Crippen molar-refractivity contribution >= 4 is 29.5 Å². The molecule has 0 spiro atoms. The van der Waals surface area contributed by atoms with Crippen molar-refractivity contribution in [2.24, 2.45) is 0 Å². The molecule has 2 rings (SSSR count). The minimum Gasteiger partial charge on any atom is -0.263 e. The lowest BCUT2D eigenvalue weighted by Gasteiger charge is -2.02. The van der Waals surface area contributed by atoms with Crippen LogP contribution in [0.15, 0.2) is 23.8 Å². The van der Waals surface area contributed by atoms with E-state index in [-0.39, 0.29) is 0 Å². The third kappa shape index (κ3) is 2.47. The maximum Gasteiger partial charge on any atom is 0.129 e. The number of rotatable bonds is 0. The Hall–Kier alpha value is -1.11. The molecule has 0 aliphatic carbocycles. The highest BCUT2D eigenvalue weighted by molar-refractivity contribution is 7.17. The molecule has 15 heavy (non-hydrogen) atoms. The Bertz CT molecular complexity index is 540. The molecule has 2 aromatic heterocycles. The van der Waals surface area contributed by atoms with Crippen LogP contribution in [-0.4, -0.2) is 13.1 Å². The van der Waals surface area contributed by atoms with E-state index in [1.54, 1.807) is 11.3 Å². The SMILES string of the molecule is C[Si](C)(C)C#Cc1csc2cnccc12. The van der Waals surface area contributed by atoms with Gasteiger partial charge in [0.05, 0.1) is 4.70 Å². The van der Waals surface area contributed by atoms with Gasteiger partial charge in [-0.3, -0.25) is 4.98 Å². The van der Waals surface area contributed by atoms with Crippen molar-refractivity contribution in [2.45, 2.75) is 19.6 Å². The summed E-state index contributed by atoms with van der Waals surface area (Å²) in [6.07, 6.45) is 3.73. The highest BCUT2D eigenvalue weighted by atomic mass is 32.1. The van der Waals surface area contributed by atoms with Crippen molar-refractivity contribution in [2.75, 3.05) is 0 Å². The first kappa shape index (κ1) is 10.4. The van der Waals surface area contributed by atoms with Crippen molar-refractivity contribution in [3.63, 3.8) is 0 Å². The summed E-state index contributed by atoms with van der Waals surface area (Å²) in [5.41, 5.74) is 4.54. The first-order chi connectivity index (χ1) is 7.06. The number of fused-ring (bicyclic) bond motifs is 1. The van der Waals surface area contributed by atoms with Crippen LogP contribution in [0.4, 0.5) is 0 Å². The highest BCUT2D eigenvalue weighted by Gasteiger charge is 2.08. The maximum absolute atomic E-state index is 4.11. The van der Waals surface area contributed by atoms with Crippen LogP contribution in [0, 0.1) is 11.5 Å². The van der Waals surface area contributed by atoms with Crippen LogP contribution >= 0.6 is 11.3 Å². The van der Waals surface area contributed by atoms with Crippen molar-refractivity contribution in [1.29, 1.82) is 0 Å². The molecule has 0 N–H and O–H groups in total. The van der Waals surface area contributed by atoms with Gasteiger partial charge in [0, 0.05) is 28.7 Å². The van der Waals surface area contributed by atoms with E-state index < -0.39 is 8.07 Å². The van der Waals surface area contributed by atoms with Gasteiger partial charge in [0.1, 0.15) is 8.07 Å². The largest absolute Gasteiger partial charge is 0.263 e. The first-order valence-corrected chi connectivity index (χ1v) is 9.29. The van der Waals surface area contributed by atoms with E-state index in [0.29, 0.717) is 0 Å². The molecule has 0 atom stereocenters. The minimum atomic E-state index is -1.27. The average Bonchev–Trinajstić information content (AvgIpc) is 2.57. The fourth-order valence-corrected chi connectivity index (χ4v) is 2.60. The summed E-state index contributed by atoms with van der Waals surface area (Å²) < 4.78 is 1.22. The number of hydrogen-bond donors (Lipinski definition) is 0. The second kappa shape index (κ2) is 3.80. The van der Waals surface area contributed by atoms with Crippen LogP contribution in [0.2, 0.25) is 19.6 Å². The smallest absolute Gasteiger partial charge is 0.129 e. The van der Waals surface area contributed by atoms with E-state index in [4.69, 9.17) is 0 Å². The van der Waals surface area contributed by atoms with Crippen LogP contribution in [0.1, 0.15) is 5.56 Å². The first-order valence-electron chi connectivity index (χ1n) is 4.91. The molecule has 76 valence electrons. The molecule has 0 aromatic carbocycles. The molecule has 0 unspecified atom stereocenters. The zero-order valence-corrected chi connectivity index (χ0v) is 11.0. The van der Waals surface area contributed by atoms with Gasteiger partial charge in [0.2, 0.25) is 0 Å². The van der Waals surface area contributed by atoms with Gasteiger partial charge in [-0.25, -0.2) is 0 Å². The van der Waals surface area contributed by atoms with Crippen LogP contribution in [-0.2, 0) is 0 Å². The molecule has 0 aliphatic rings. The normalized spacial score (nSPS) is 11.1. The predicted molar refractivity (Wildman–Crippen MR) is 69.8 cm³/mol. The van der Waals surface area contributed by atoms with Gasteiger partial charge in [-0.15, -0.1) is 16.9 Å². The van der Waals surface area contributed by atoms with E-state index in [1.807, 2.05) is 18.5 Å². The Morgan fingerprint density at radius 1 is 1.33 bits per heavy atom. The molecular weight excluding hydrogens is 218 g/mol. The Morgan fingerprint density at radius 3 is 2.87 bits per heavy atom. The number of nitrogens with zero attached hydrogens (tertiary/aromatic N) is 1. The molecule has 0 aliphatic heterocycles. The van der Waals surface area contributed by atoms with Crippen LogP contribution in [0.5, 0.6) is 0 Å². The van der Waals surface area contributed by atoms with Crippen LogP contribution in [0.25, 0.3) is 10.1 Å². The van der Waals surface area contributed by atoms with Gasteiger partial charge < -0.3 is 0 Å². The van der Waals surface area contributed by atoms with Gasteiger partial charge >= 0.3 is 0 Å². The molecule has 0 amide bonds.